The Morgan fingerprint density at radius 3 is 2.74 bits per heavy atom. The van der Waals surface area contributed by atoms with E-state index in [1.807, 2.05) is 18.3 Å². The fourth-order valence-corrected chi connectivity index (χ4v) is 3.09. The second kappa shape index (κ2) is 6.91. The minimum absolute atomic E-state index is 0.0564. The topological polar surface area (TPSA) is 54.3 Å². The van der Waals surface area contributed by atoms with Gasteiger partial charge in [0.15, 0.2) is 0 Å². The molecule has 6 nitrogen and oxygen atoms in total. The molecule has 0 bridgehead atoms. The molecule has 0 N–H and O–H groups in total. The Bertz CT molecular complexity index is 692. The Morgan fingerprint density at radius 2 is 2.09 bits per heavy atom. The maximum absolute atomic E-state index is 11.7. The summed E-state index contributed by atoms with van der Waals surface area (Å²) in [7, 11) is 3.88. The molecule has 1 fully saturated rings. The van der Waals surface area contributed by atoms with E-state index in [-0.39, 0.29) is 5.56 Å². The summed E-state index contributed by atoms with van der Waals surface area (Å²) < 4.78 is 1.60. The fourth-order valence-electron chi connectivity index (χ4n) is 3.09. The van der Waals surface area contributed by atoms with Crippen molar-refractivity contribution in [2.24, 2.45) is 7.05 Å². The van der Waals surface area contributed by atoms with Gasteiger partial charge in [-0.3, -0.25) is 9.69 Å². The average Bonchev–Trinajstić information content (AvgIpc) is 2.59. The molecule has 0 aromatic carbocycles. The second-order valence-electron chi connectivity index (χ2n) is 6.17. The molecule has 0 radical (unpaired) electrons. The second-order valence-corrected chi connectivity index (χ2v) is 6.17. The van der Waals surface area contributed by atoms with Gasteiger partial charge in [0.2, 0.25) is 0 Å². The SMILES string of the molecule is CN(c1ccncn1)C1CCN(Cc2ccn(C)c(=O)c2)CC1. The Balaban J connectivity index is 1.56. The molecule has 122 valence electrons. The average molecular weight is 313 g/mol. The van der Waals surface area contributed by atoms with Crippen molar-refractivity contribution >= 4 is 5.82 Å². The zero-order valence-corrected chi connectivity index (χ0v) is 13.7. The van der Waals surface area contributed by atoms with Gasteiger partial charge in [0, 0.05) is 58.2 Å². The lowest BCUT2D eigenvalue weighted by Gasteiger charge is -2.37. The first-order valence-electron chi connectivity index (χ1n) is 8.00. The maximum atomic E-state index is 11.7. The molecular weight excluding hydrogens is 290 g/mol. The monoisotopic (exact) mass is 313 g/mol. The van der Waals surface area contributed by atoms with Crippen molar-refractivity contribution in [3.63, 3.8) is 0 Å². The summed E-state index contributed by atoms with van der Waals surface area (Å²) in [6, 6.07) is 6.22. The summed E-state index contributed by atoms with van der Waals surface area (Å²) in [6.45, 7) is 2.92. The van der Waals surface area contributed by atoms with E-state index in [1.165, 1.54) is 0 Å². The van der Waals surface area contributed by atoms with Crippen molar-refractivity contribution in [1.29, 1.82) is 0 Å². The van der Waals surface area contributed by atoms with Crippen LogP contribution in [0.3, 0.4) is 0 Å². The number of pyridine rings is 1. The van der Waals surface area contributed by atoms with Crippen molar-refractivity contribution in [1.82, 2.24) is 19.4 Å². The van der Waals surface area contributed by atoms with E-state index >= 15 is 0 Å². The third kappa shape index (κ3) is 3.76. The van der Waals surface area contributed by atoms with Gasteiger partial charge >= 0.3 is 0 Å². The summed E-state index contributed by atoms with van der Waals surface area (Å²) in [4.78, 5) is 24.7. The highest BCUT2D eigenvalue weighted by Crippen LogP contribution is 2.20. The minimum atomic E-state index is 0.0564. The molecule has 1 saturated heterocycles. The molecule has 2 aromatic heterocycles. The van der Waals surface area contributed by atoms with E-state index in [2.05, 4.69) is 26.8 Å². The lowest BCUT2D eigenvalue weighted by atomic mass is 10.0. The zero-order valence-electron chi connectivity index (χ0n) is 13.7. The van der Waals surface area contributed by atoms with Gasteiger partial charge in [0.05, 0.1) is 0 Å². The predicted octanol–water partition coefficient (Wildman–Crippen LogP) is 1.28. The highest BCUT2D eigenvalue weighted by Gasteiger charge is 2.23. The van der Waals surface area contributed by atoms with Gasteiger partial charge < -0.3 is 9.47 Å². The third-order valence-corrected chi connectivity index (χ3v) is 4.61. The maximum Gasteiger partial charge on any atom is 0.250 e. The van der Waals surface area contributed by atoms with Crippen molar-refractivity contribution < 1.29 is 0 Å². The van der Waals surface area contributed by atoms with Crippen molar-refractivity contribution in [2.75, 3.05) is 25.0 Å². The molecule has 0 atom stereocenters. The van der Waals surface area contributed by atoms with Crippen LogP contribution in [0.25, 0.3) is 0 Å². The molecule has 6 heteroatoms. The highest BCUT2D eigenvalue weighted by atomic mass is 16.1. The molecule has 3 heterocycles. The predicted molar refractivity (Wildman–Crippen MR) is 90.4 cm³/mol. The lowest BCUT2D eigenvalue weighted by molar-refractivity contribution is 0.203. The van der Waals surface area contributed by atoms with E-state index < -0.39 is 0 Å². The van der Waals surface area contributed by atoms with E-state index in [9.17, 15) is 4.79 Å². The first kappa shape index (κ1) is 15.7. The van der Waals surface area contributed by atoms with Crippen LogP contribution in [0, 0.1) is 0 Å². The Labute approximate surface area is 136 Å². The van der Waals surface area contributed by atoms with Gasteiger partial charge in [0.1, 0.15) is 12.1 Å². The van der Waals surface area contributed by atoms with Gasteiger partial charge in [0.25, 0.3) is 5.56 Å². The Kier molecular flexibility index (Phi) is 4.71. The molecule has 1 aliphatic heterocycles. The summed E-state index contributed by atoms with van der Waals surface area (Å²) in [6.07, 6.45) is 7.42. The van der Waals surface area contributed by atoms with Crippen LogP contribution >= 0.6 is 0 Å². The number of aromatic nitrogens is 3. The van der Waals surface area contributed by atoms with Crippen molar-refractivity contribution in [3.8, 4) is 0 Å². The van der Waals surface area contributed by atoms with Crippen LogP contribution in [-0.4, -0.2) is 45.6 Å². The van der Waals surface area contributed by atoms with Crippen molar-refractivity contribution in [3.05, 3.63) is 52.8 Å². The van der Waals surface area contributed by atoms with Crippen molar-refractivity contribution in [2.45, 2.75) is 25.4 Å². The van der Waals surface area contributed by atoms with Gasteiger partial charge in [-0.15, -0.1) is 0 Å². The minimum Gasteiger partial charge on any atom is -0.356 e. The number of nitrogens with zero attached hydrogens (tertiary/aromatic N) is 5. The molecule has 23 heavy (non-hydrogen) atoms. The van der Waals surface area contributed by atoms with E-state index in [1.54, 1.807) is 30.2 Å². The summed E-state index contributed by atoms with van der Waals surface area (Å²) in [5.41, 5.74) is 1.15. The van der Waals surface area contributed by atoms with Crippen LogP contribution in [0.2, 0.25) is 0 Å². The van der Waals surface area contributed by atoms with E-state index in [0.29, 0.717) is 6.04 Å². The number of piperidine rings is 1. The summed E-state index contributed by atoms with van der Waals surface area (Å²) >= 11 is 0. The molecule has 1 aliphatic rings. The van der Waals surface area contributed by atoms with Crippen LogP contribution in [0.5, 0.6) is 0 Å². The van der Waals surface area contributed by atoms with Gasteiger partial charge in [-0.25, -0.2) is 9.97 Å². The van der Waals surface area contributed by atoms with Crippen LogP contribution in [-0.2, 0) is 13.6 Å². The van der Waals surface area contributed by atoms with Crippen LogP contribution < -0.4 is 10.5 Å². The first-order valence-corrected chi connectivity index (χ1v) is 8.00. The van der Waals surface area contributed by atoms with Crippen LogP contribution in [0.4, 0.5) is 5.82 Å². The summed E-state index contributed by atoms with van der Waals surface area (Å²) in [5, 5.41) is 0. The quantitative estimate of drug-likeness (QED) is 0.851. The highest BCUT2D eigenvalue weighted by molar-refractivity contribution is 5.36. The molecule has 2 aromatic rings. The van der Waals surface area contributed by atoms with Crippen LogP contribution in [0.1, 0.15) is 18.4 Å². The fraction of sp³-hybridized carbons (Fsp3) is 0.471. The molecule has 0 saturated carbocycles. The molecule has 0 unspecified atom stereocenters. The summed E-state index contributed by atoms with van der Waals surface area (Å²) in [5.74, 6) is 0.977. The normalized spacial score (nSPS) is 16.4. The number of aryl methyl sites for hydroxylation is 1. The number of rotatable bonds is 4. The molecular formula is C17H23N5O. The Hall–Kier alpha value is -2.21. The van der Waals surface area contributed by atoms with Gasteiger partial charge in [-0.05, 0) is 30.5 Å². The number of hydrogen-bond acceptors (Lipinski definition) is 5. The largest absolute Gasteiger partial charge is 0.356 e. The molecule has 0 aliphatic carbocycles. The first-order chi connectivity index (χ1) is 11.1. The van der Waals surface area contributed by atoms with Crippen LogP contribution in [0.15, 0.2) is 41.7 Å². The Morgan fingerprint density at radius 1 is 1.30 bits per heavy atom. The van der Waals surface area contributed by atoms with E-state index in [0.717, 1.165) is 43.9 Å². The molecule has 0 amide bonds. The van der Waals surface area contributed by atoms with Gasteiger partial charge in [-0.2, -0.15) is 0 Å². The van der Waals surface area contributed by atoms with E-state index in [4.69, 9.17) is 0 Å². The molecule has 3 rings (SSSR count). The number of hydrogen-bond donors (Lipinski definition) is 0. The molecule has 0 spiro atoms. The third-order valence-electron chi connectivity index (χ3n) is 4.61. The number of likely N-dealkylation sites (tertiary alicyclic amines) is 1. The van der Waals surface area contributed by atoms with Gasteiger partial charge in [-0.1, -0.05) is 0 Å². The standard InChI is InChI=1S/C17H23N5O/c1-20-8-4-14(11-17(20)23)12-22-9-5-15(6-10-22)21(2)16-3-7-18-13-19-16/h3-4,7-8,11,13,15H,5-6,9-10,12H2,1-2H3. The smallest absolute Gasteiger partial charge is 0.250 e. The lowest BCUT2D eigenvalue weighted by Crippen LogP contribution is -2.43. The zero-order chi connectivity index (χ0) is 16.2. The number of anilines is 1.